The Balaban J connectivity index is 2.14. The van der Waals surface area contributed by atoms with Crippen LogP contribution in [0.3, 0.4) is 0 Å². The van der Waals surface area contributed by atoms with E-state index in [0.717, 1.165) is 5.39 Å². The summed E-state index contributed by atoms with van der Waals surface area (Å²) < 4.78 is 31.7. The molecule has 2 rings (SSSR count). The van der Waals surface area contributed by atoms with Gasteiger partial charge >= 0.3 is 0 Å². The lowest BCUT2D eigenvalue weighted by molar-refractivity contribution is 0.0411. The number of hydrogen-bond donors (Lipinski definition) is 2. The largest absolute Gasteiger partial charge is 0.458 e. The Labute approximate surface area is 125 Å². The summed E-state index contributed by atoms with van der Waals surface area (Å²) >= 11 is 0. The number of furan rings is 1. The predicted molar refractivity (Wildman–Crippen MR) is 82.4 cm³/mol. The van der Waals surface area contributed by atoms with Gasteiger partial charge < -0.3 is 9.52 Å². The molecule has 1 atom stereocenters. The standard InChI is InChI=1S/C15H21NO4S/c1-11(2)9-21(18,19)16-10-15(3,17)14-8-12-6-4-5-7-13(12)20-14/h4-8,11,16-17H,9-10H2,1-3H3. The molecule has 0 spiro atoms. The molecule has 0 bridgehead atoms. The fourth-order valence-electron chi connectivity index (χ4n) is 2.08. The molecule has 0 saturated carbocycles. The third kappa shape index (κ3) is 4.06. The highest BCUT2D eigenvalue weighted by Gasteiger charge is 2.29. The number of benzene rings is 1. The van der Waals surface area contributed by atoms with Gasteiger partial charge in [0.25, 0.3) is 0 Å². The van der Waals surface area contributed by atoms with Crippen molar-refractivity contribution in [2.75, 3.05) is 12.3 Å². The van der Waals surface area contributed by atoms with E-state index in [1.165, 1.54) is 6.92 Å². The summed E-state index contributed by atoms with van der Waals surface area (Å²) in [6.45, 7) is 5.07. The van der Waals surface area contributed by atoms with Crippen molar-refractivity contribution in [1.82, 2.24) is 4.72 Å². The van der Waals surface area contributed by atoms with Gasteiger partial charge in [0.2, 0.25) is 10.0 Å². The van der Waals surface area contributed by atoms with Gasteiger partial charge in [-0.1, -0.05) is 32.0 Å². The molecule has 1 heterocycles. The molecule has 6 heteroatoms. The van der Waals surface area contributed by atoms with Crippen LogP contribution in [0.25, 0.3) is 11.0 Å². The summed E-state index contributed by atoms with van der Waals surface area (Å²) in [5, 5.41) is 11.3. The Bertz CT molecular complexity index is 683. The minimum Gasteiger partial charge on any atom is -0.458 e. The van der Waals surface area contributed by atoms with Gasteiger partial charge in [-0.3, -0.25) is 0 Å². The quantitative estimate of drug-likeness (QED) is 0.857. The average Bonchev–Trinajstić information content (AvgIpc) is 2.80. The molecule has 0 aliphatic heterocycles. The van der Waals surface area contributed by atoms with Crippen molar-refractivity contribution in [2.24, 2.45) is 5.92 Å². The smallest absolute Gasteiger partial charge is 0.211 e. The van der Waals surface area contributed by atoms with E-state index in [9.17, 15) is 13.5 Å². The van der Waals surface area contributed by atoms with E-state index >= 15 is 0 Å². The van der Waals surface area contributed by atoms with Crippen LogP contribution in [-0.2, 0) is 15.6 Å². The molecule has 116 valence electrons. The molecular weight excluding hydrogens is 290 g/mol. The molecule has 1 aromatic carbocycles. The van der Waals surface area contributed by atoms with Crippen molar-refractivity contribution in [3.05, 3.63) is 36.1 Å². The molecule has 0 fully saturated rings. The second-order valence-corrected chi connectivity index (χ2v) is 7.77. The first-order valence-corrected chi connectivity index (χ1v) is 8.54. The number of sulfonamides is 1. The Kier molecular flexibility index (Phi) is 4.41. The van der Waals surface area contributed by atoms with Crippen LogP contribution < -0.4 is 4.72 Å². The SMILES string of the molecule is CC(C)CS(=O)(=O)NCC(C)(O)c1cc2ccccc2o1. The Hall–Kier alpha value is -1.37. The van der Waals surface area contributed by atoms with Crippen LogP contribution in [0.4, 0.5) is 0 Å². The van der Waals surface area contributed by atoms with Crippen LogP contribution in [0.2, 0.25) is 0 Å². The number of aliphatic hydroxyl groups is 1. The Morgan fingerprint density at radius 2 is 2.00 bits per heavy atom. The van der Waals surface area contributed by atoms with Crippen LogP contribution in [-0.4, -0.2) is 25.8 Å². The lowest BCUT2D eigenvalue weighted by atomic mass is 10.0. The van der Waals surface area contributed by atoms with Crippen LogP contribution in [0.15, 0.2) is 34.7 Å². The van der Waals surface area contributed by atoms with Crippen molar-refractivity contribution in [1.29, 1.82) is 0 Å². The topological polar surface area (TPSA) is 79.5 Å². The summed E-state index contributed by atoms with van der Waals surface area (Å²) in [4.78, 5) is 0. The number of fused-ring (bicyclic) bond motifs is 1. The summed E-state index contributed by atoms with van der Waals surface area (Å²) in [7, 11) is -3.40. The van der Waals surface area contributed by atoms with Crippen LogP contribution in [0, 0.1) is 5.92 Å². The van der Waals surface area contributed by atoms with E-state index in [1.54, 1.807) is 12.1 Å². The summed E-state index contributed by atoms with van der Waals surface area (Å²) in [5.41, 5.74) is -0.735. The highest BCUT2D eigenvalue weighted by atomic mass is 32.2. The van der Waals surface area contributed by atoms with Gasteiger partial charge in [-0.25, -0.2) is 13.1 Å². The van der Waals surface area contributed by atoms with Gasteiger partial charge in [0.15, 0.2) is 0 Å². The molecule has 1 unspecified atom stereocenters. The van der Waals surface area contributed by atoms with Crippen LogP contribution >= 0.6 is 0 Å². The highest BCUT2D eigenvalue weighted by molar-refractivity contribution is 7.89. The van der Waals surface area contributed by atoms with Crippen molar-refractivity contribution in [3.8, 4) is 0 Å². The summed E-state index contributed by atoms with van der Waals surface area (Å²) in [6, 6.07) is 9.13. The van der Waals surface area contributed by atoms with Crippen LogP contribution in [0.5, 0.6) is 0 Å². The maximum Gasteiger partial charge on any atom is 0.211 e. The van der Waals surface area contributed by atoms with Gasteiger partial charge in [-0.15, -0.1) is 0 Å². The van der Waals surface area contributed by atoms with Crippen molar-refractivity contribution in [3.63, 3.8) is 0 Å². The lowest BCUT2D eigenvalue weighted by Crippen LogP contribution is -2.40. The van der Waals surface area contributed by atoms with Gasteiger partial charge in [0, 0.05) is 11.9 Å². The Morgan fingerprint density at radius 1 is 1.33 bits per heavy atom. The van der Waals surface area contributed by atoms with E-state index in [-0.39, 0.29) is 18.2 Å². The third-order valence-corrected chi connectivity index (χ3v) is 4.84. The molecule has 21 heavy (non-hydrogen) atoms. The lowest BCUT2D eigenvalue weighted by Gasteiger charge is -2.21. The van der Waals surface area contributed by atoms with E-state index in [4.69, 9.17) is 4.42 Å². The third-order valence-electron chi connectivity index (χ3n) is 3.15. The Morgan fingerprint density at radius 3 is 2.62 bits per heavy atom. The molecular formula is C15H21NO4S. The van der Waals surface area contributed by atoms with Crippen molar-refractivity contribution in [2.45, 2.75) is 26.4 Å². The zero-order chi connectivity index (χ0) is 15.7. The monoisotopic (exact) mass is 311 g/mol. The average molecular weight is 311 g/mol. The molecule has 2 aromatic rings. The first-order chi connectivity index (χ1) is 9.70. The van der Waals surface area contributed by atoms with E-state index in [2.05, 4.69) is 4.72 Å². The minimum absolute atomic E-state index is 0.0265. The highest BCUT2D eigenvalue weighted by Crippen LogP contribution is 2.27. The zero-order valence-electron chi connectivity index (χ0n) is 12.5. The van der Waals surface area contributed by atoms with Gasteiger partial charge in [-0.05, 0) is 25.0 Å². The van der Waals surface area contributed by atoms with Gasteiger partial charge in [-0.2, -0.15) is 0 Å². The molecule has 0 amide bonds. The maximum absolute atomic E-state index is 11.8. The first-order valence-electron chi connectivity index (χ1n) is 6.88. The molecule has 0 aliphatic rings. The zero-order valence-corrected chi connectivity index (χ0v) is 13.3. The van der Waals surface area contributed by atoms with Crippen molar-refractivity contribution >= 4 is 21.0 Å². The predicted octanol–water partition coefficient (Wildman–Crippen LogP) is 2.22. The second kappa shape index (κ2) is 5.79. The fraction of sp³-hybridized carbons (Fsp3) is 0.467. The second-order valence-electron chi connectivity index (χ2n) is 5.92. The number of para-hydroxylation sites is 1. The maximum atomic E-state index is 11.8. The molecule has 0 saturated heterocycles. The molecule has 0 radical (unpaired) electrons. The summed E-state index contributed by atoms with van der Waals surface area (Å²) in [6.07, 6.45) is 0. The summed E-state index contributed by atoms with van der Waals surface area (Å²) in [5.74, 6) is 0.401. The van der Waals surface area contributed by atoms with E-state index < -0.39 is 15.6 Å². The number of hydrogen-bond acceptors (Lipinski definition) is 4. The minimum atomic E-state index is -3.40. The van der Waals surface area contributed by atoms with Gasteiger partial charge in [0.05, 0.1) is 5.75 Å². The molecule has 1 aromatic heterocycles. The normalized spacial score (nSPS) is 15.5. The molecule has 2 N–H and O–H groups in total. The van der Waals surface area contributed by atoms with Gasteiger partial charge in [0.1, 0.15) is 16.9 Å². The first kappa shape index (κ1) is 16.0. The van der Waals surface area contributed by atoms with Crippen molar-refractivity contribution < 1.29 is 17.9 Å². The number of rotatable bonds is 6. The van der Waals surface area contributed by atoms with E-state index in [0.29, 0.717) is 11.3 Å². The van der Waals surface area contributed by atoms with Crippen LogP contribution in [0.1, 0.15) is 26.5 Å². The van der Waals surface area contributed by atoms with E-state index in [1.807, 2.05) is 32.0 Å². The number of nitrogens with one attached hydrogen (secondary N) is 1. The fourth-order valence-corrected chi connectivity index (χ4v) is 3.58. The molecule has 0 aliphatic carbocycles. The molecule has 5 nitrogen and oxygen atoms in total.